The highest BCUT2D eigenvalue weighted by Gasteiger charge is 2.45. The number of aliphatic hydroxyl groups is 1. The molecule has 2 unspecified atom stereocenters. The van der Waals surface area contributed by atoms with E-state index in [0.717, 1.165) is 25.7 Å². The molecule has 7 heteroatoms. The Morgan fingerprint density at radius 3 is 2.85 bits per heavy atom. The second kappa shape index (κ2) is 5.99. The van der Waals surface area contributed by atoms with E-state index in [0.29, 0.717) is 19.5 Å². The molecule has 1 aliphatic heterocycles. The van der Waals surface area contributed by atoms with Crippen molar-refractivity contribution in [1.29, 1.82) is 0 Å². The predicted molar refractivity (Wildman–Crippen MR) is 73.5 cm³/mol. The first kappa shape index (κ1) is 15.7. The van der Waals surface area contributed by atoms with E-state index >= 15 is 0 Å². The van der Waals surface area contributed by atoms with Gasteiger partial charge in [-0.15, -0.1) is 0 Å². The first-order chi connectivity index (χ1) is 9.37. The molecule has 1 N–H and O–H groups in total. The summed E-state index contributed by atoms with van der Waals surface area (Å²) >= 11 is 0. The number of fused-ring (bicyclic) bond motifs is 1. The molecule has 2 rings (SSSR count). The van der Waals surface area contributed by atoms with Crippen LogP contribution in [0.5, 0.6) is 0 Å². The van der Waals surface area contributed by atoms with Gasteiger partial charge in [0.05, 0.1) is 24.9 Å². The third-order valence-electron chi connectivity index (χ3n) is 4.58. The van der Waals surface area contributed by atoms with E-state index in [1.807, 2.05) is 0 Å². The third-order valence-corrected chi connectivity index (χ3v) is 6.41. The average molecular weight is 305 g/mol. The summed E-state index contributed by atoms with van der Waals surface area (Å²) in [4.78, 5) is 11.1. The third kappa shape index (κ3) is 3.32. The molecule has 1 saturated carbocycles. The van der Waals surface area contributed by atoms with E-state index in [4.69, 9.17) is 0 Å². The molecule has 0 radical (unpaired) electrons. The van der Waals surface area contributed by atoms with Crippen molar-refractivity contribution < 1.29 is 23.1 Å². The summed E-state index contributed by atoms with van der Waals surface area (Å²) in [5.41, 5.74) is -0.688. The standard InChI is InChI=1S/C13H23NO5S/c1-19-12(15)5-9-20(17,18)14-8-7-13(16)6-3-2-4-11(13)10-14/h11,16H,2-10H2,1H3. The Balaban J connectivity index is 1.98. The largest absolute Gasteiger partial charge is 0.469 e. The van der Waals surface area contributed by atoms with Crippen LogP contribution in [0.2, 0.25) is 0 Å². The monoisotopic (exact) mass is 305 g/mol. The van der Waals surface area contributed by atoms with E-state index < -0.39 is 21.6 Å². The topological polar surface area (TPSA) is 83.9 Å². The Bertz CT molecular complexity index is 463. The normalized spacial score (nSPS) is 31.6. The number of ether oxygens (including phenoxy) is 1. The molecule has 1 heterocycles. The zero-order chi connectivity index (χ0) is 14.8. The van der Waals surface area contributed by atoms with Crippen LogP contribution in [0.15, 0.2) is 0 Å². The lowest BCUT2D eigenvalue weighted by molar-refractivity contribution is -0.140. The van der Waals surface area contributed by atoms with Gasteiger partial charge in [0.1, 0.15) is 0 Å². The van der Waals surface area contributed by atoms with Gasteiger partial charge in [0.2, 0.25) is 10.0 Å². The van der Waals surface area contributed by atoms with E-state index in [-0.39, 0.29) is 18.1 Å². The predicted octanol–water partition coefficient (Wildman–Crippen LogP) is 0.506. The van der Waals surface area contributed by atoms with Crippen LogP contribution in [0.25, 0.3) is 0 Å². The highest BCUT2D eigenvalue weighted by molar-refractivity contribution is 7.89. The number of rotatable bonds is 4. The molecule has 0 amide bonds. The van der Waals surface area contributed by atoms with Gasteiger partial charge in [-0.25, -0.2) is 12.7 Å². The fourth-order valence-electron chi connectivity index (χ4n) is 3.24. The van der Waals surface area contributed by atoms with E-state index in [1.54, 1.807) is 0 Å². The van der Waals surface area contributed by atoms with Crippen LogP contribution in [0, 0.1) is 5.92 Å². The van der Waals surface area contributed by atoms with Crippen LogP contribution in [-0.2, 0) is 19.6 Å². The maximum Gasteiger partial charge on any atom is 0.306 e. The number of carbonyl (C=O) groups is 1. The summed E-state index contributed by atoms with van der Waals surface area (Å²) < 4.78 is 30.3. The van der Waals surface area contributed by atoms with Gasteiger partial charge in [0.15, 0.2) is 0 Å². The molecule has 20 heavy (non-hydrogen) atoms. The molecule has 1 aliphatic carbocycles. The van der Waals surface area contributed by atoms with Gasteiger partial charge in [-0.2, -0.15) is 0 Å². The second-order valence-corrected chi connectivity index (χ2v) is 7.88. The minimum Gasteiger partial charge on any atom is -0.469 e. The van der Waals surface area contributed by atoms with E-state index in [2.05, 4.69) is 4.74 Å². The van der Waals surface area contributed by atoms with Gasteiger partial charge < -0.3 is 9.84 Å². The number of piperidine rings is 1. The number of carbonyl (C=O) groups excluding carboxylic acids is 1. The second-order valence-electron chi connectivity index (χ2n) is 5.80. The number of esters is 1. The quantitative estimate of drug-likeness (QED) is 0.765. The first-order valence-electron chi connectivity index (χ1n) is 7.14. The van der Waals surface area contributed by atoms with Crippen LogP contribution in [-0.4, -0.2) is 55.4 Å². The van der Waals surface area contributed by atoms with Crippen LogP contribution in [0.3, 0.4) is 0 Å². The molecule has 0 bridgehead atoms. The molecule has 2 atom stereocenters. The van der Waals surface area contributed by atoms with Gasteiger partial charge in [0, 0.05) is 19.0 Å². The molecule has 6 nitrogen and oxygen atoms in total. The molecular formula is C13H23NO5S. The maximum absolute atomic E-state index is 12.2. The van der Waals surface area contributed by atoms with Crippen LogP contribution >= 0.6 is 0 Å². The van der Waals surface area contributed by atoms with Crippen molar-refractivity contribution in [2.75, 3.05) is 26.0 Å². The van der Waals surface area contributed by atoms with Gasteiger partial charge >= 0.3 is 5.97 Å². The molecule has 2 fully saturated rings. The first-order valence-corrected chi connectivity index (χ1v) is 8.75. The van der Waals surface area contributed by atoms with Crippen molar-refractivity contribution in [1.82, 2.24) is 4.31 Å². The Kier molecular flexibility index (Phi) is 4.71. The SMILES string of the molecule is COC(=O)CCS(=O)(=O)N1CCC2(O)CCCCC2C1. The number of methoxy groups -OCH3 is 1. The molecule has 0 spiro atoms. The Labute approximate surface area is 120 Å². The van der Waals surface area contributed by atoms with Crippen molar-refractivity contribution in [3.63, 3.8) is 0 Å². The van der Waals surface area contributed by atoms with Gasteiger partial charge in [-0.05, 0) is 19.3 Å². The summed E-state index contributed by atoms with van der Waals surface area (Å²) in [6.07, 6.45) is 4.08. The summed E-state index contributed by atoms with van der Waals surface area (Å²) in [6.45, 7) is 0.719. The number of nitrogens with zero attached hydrogens (tertiary/aromatic N) is 1. The Morgan fingerprint density at radius 2 is 2.15 bits per heavy atom. The summed E-state index contributed by atoms with van der Waals surface area (Å²) in [5, 5.41) is 10.5. The minimum atomic E-state index is -3.44. The number of hydrogen-bond donors (Lipinski definition) is 1. The van der Waals surface area contributed by atoms with Gasteiger partial charge in [-0.3, -0.25) is 4.79 Å². The molecule has 2 aliphatic rings. The van der Waals surface area contributed by atoms with Crippen molar-refractivity contribution >= 4 is 16.0 Å². The van der Waals surface area contributed by atoms with Crippen LogP contribution in [0.4, 0.5) is 0 Å². The van der Waals surface area contributed by atoms with Crippen LogP contribution < -0.4 is 0 Å². The van der Waals surface area contributed by atoms with E-state index in [9.17, 15) is 18.3 Å². The van der Waals surface area contributed by atoms with E-state index in [1.165, 1.54) is 11.4 Å². The molecule has 0 aromatic carbocycles. The van der Waals surface area contributed by atoms with Crippen molar-refractivity contribution in [3.05, 3.63) is 0 Å². The average Bonchev–Trinajstić information content (AvgIpc) is 2.43. The lowest BCUT2D eigenvalue weighted by atomic mass is 9.72. The summed E-state index contributed by atoms with van der Waals surface area (Å²) in [6, 6.07) is 0. The molecule has 0 aromatic heterocycles. The van der Waals surface area contributed by atoms with Crippen molar-refractivity contribution in [3.8, 4) is 0 Å². The highest BCUT2D eigenvalue weighted by Crippen LogP contribution is 2.40. The minimum absolute atomic E-state index is 0.0258. The summed E-state index contributed by atoms with van der Waals surface area (Å²) in [5.74, 6) is -0.706. The molecule has 116 valence electrons. The lowest BCUT2D eigenvalue weighted by Crippen LogP contribution is -2.55. The lowest BCUT2D eigenvalue weighted by Gasteiger charge is -2.46. The molecule has 0 aromatic rings. The number of sulfonamides is 1. The van der Waals surface area contributed by atoms with Crippen molar-refractivity contribution in [2.24, 2.45) is 5.92 Å². The fourth-order valence-corrected chi connectivity index (χ4v) is 4.70. The molecule has 1 saturated heterocycles. The molecular weight excluding hydrogens is 282 g/mol. The Hall–Kier alpha value is -0.660. The van der Waals surface area contributed by atoms with Crippen molar-refractivity contribution in [2.45, 2.75) is 44.1 Å². The van der Waals surface area contributed by atoms with Crippen LogP contribution in [0.1, 0.15) is 38.5 Å². The summed E-state index contributed by atoms with van der Waals surface area (Å²) in [7, 11) is -2.20. The van der Waals surface area contributed by atoms with Gasteiger partial charge in [-0.1, -0.05) is 12.8 Å². The number of hydrogen-bond acceptors (Lipinski definition) is 5. The maximum atomic E-state index is 12.2. The zero-order valence-corrected chi connectivity index (χ0v) is 12.7. The fraction of sp³-hybridized carbons (Fsp3) is 0.923. The Morgan fingerprint density at radius 1 is 1.40 bits per heavy atom. The zero-order valence-electron chi connectivity index (χ0n) is 11.9. The highest BCUT2D eigenvalue weighted by atomic mass is 32.2. The van der Waals surface area contributed by atoms with Gasteiger partial charge in [0.25, 0.3) is 0 Å². The smallest absolute Gasteiger partial charge is 0.306 e.